The highest BCUT2D eigenvalue weighted by Crippen LogP contribution is 2.19. The van der Waals surface area contributed by atoms with Gasteiger partial charge in [-0.3, -0.25) is 14.5 Å². The number of hydrogen-bond donors (Lipinski definition) is 0. The molecular weight excluding hydrogens is 418 g/mol. The highest BCUT2D eigenvalue weighted by molar-refractivity contribution is 7.71. The fourth-order valence-electron chi connectivity index (χ4n) is 3.47. The van der Waals surface area contributed by atoms with Crippen LogP contribution in [0.15, 0.2) is 79.1 Å². The van der Waals surface area contributed by atoms with Gasteiger partial charge in [-0.1, -0.05) is 42.5 Å². The van der Waals surface area contributed by atoms with Gasteiger partial charge in [-0.2, -0.15) is 5.10 Å². The van der Waals surface area contributed by atoms with Crippen LogP contribution >= 0.6 is 12.2 Å². The molecular formula is C25H27N5OS. The third kappa shape index (κ3) is 5.49. The molecule has 0 saturated heterocycles. The molecule has 0 fully saturated rings. The lowest BCUT2D eigenvalue weighted by atomic mass is 10.2. The zero-order valence-corrected chi connectivity index (χ0v) is 19.2. The first-order valence-electron chi connectivity index (χ1n) is 10.6. The van der Waals surface area contributed by atoms with E-state index in [2.05, 4.69) is 39.6 Å². The van der Waals surface area contributed by atoms with Gasteiger partial charge in [0.25, 0.3) is 0 Å². The molecule has 4 rings (SSSR count). The first-order chi connectivity index (χ1) is 15.6. The number of likely N-dealkylation sites (N-methyl/N-ethyl adjacent to an activating group) is 1. The van der Waals surface area contributed by atoms with Crippen LogP contribution in [0.2, 0.25) is 0 Å². The molecule has 0 aliphatic carbocycles. The van der Waals surface area contributed by atoms with Crippen molar-refractivity contribution >= 4 is 12.2 Å². The monoisotopic (exact) mass is 445 g/mol. The lowest BCUT2D eigenvalue weighted by Crippen LogP contribution is -2.27. The third-order valence-corrected chi connectivity index (χ3v) is 5.56. The van der Waals surface area contributed by atoms with Gasteiger partial charge in [-0.15, -0.1) is 0 Å². The van der Waals surface area contributed by atoms with Crippen molar-refractivity contribution in [3.05, 3.63) is 95.0 Å². The minimum Gasteiger partial charge on any atom is -0.492 e. The molecule has 2 aromatic carbocycles. The second kappa shape index (κ2) is 10.3. The van der Waals surface area contributed by atoms with Gasteiger partial charge in [0.15, 0.2) is 10.6 Å². The first kappa shape index (κ1) is 21.9. The Hall–Kier alpha value is -3.29. The van der Waals surface area contributed by atoms with Gasteiger partial charge >= 0.3 is 0 Å². The van der Waals surface area contributed by atoms with E-state index in [0.717, 1.165) is 23.7 Å². The van der Waals surface area contributed by atoms with E-state index in [1.807, 2.05) is 66.5 Å². The van der Waals surface area contributed by atoms with Crippen LogP contribution in [0.5, 0.6) is 5.75 Å². The normalized spacial score (nSPS) is 11.1. The summed E-state index contributed by atoms with van der Waals surface area (Å²) in [5, 5.41) is 4.85. The topological polar surface area (TPSA) is 48.1 Å². The van der Waals surface area contributed by atoms with Gasteiger partial charge in [0.05, 0.1) is 13.2 Å². The van der Waals surface area contributed by atoms with Gasteiger partial charge in [-0.25, -0.2) is 4.68 Å². The van der Waals surface area contributed by atoms with Crippen LogP contribution in [0.1, 0.15) is 11.1 Å². The molecule has 0 saturated carbocycles. The Morgan fingerprint density at radius 1 is 1.03 bits per heavy atom. The predicted octanol–water partition coefficient (Wildman–Crippen LogP) is 4.80. The predicted molar refractivity (Wildman–Crippen MR) is 129 cm³/mol. The molecule has 0 unspecified atom stereocenters. The smallest absolute Gasteiger partial charge is 0.199 e. The van der Waals surface area contributed by atoms with Crippen LogP contribution in [0.3, 0.4) is 0 Å². The molecule has 0 amide bonds. The van der Waals surface area contributed by atoms with E-state index < -0.39 is 0 Å². The van der Waals surface area contributed by atoms with Crippen LogP contribution in [0.4, 0.5) is 0 Å². The van der Waals surface area contributed by atoms with Crippen molar-refractivity contribution in [2.45, 2.75) is 20.1 Å². The number of pyridine rings is 1. The second-order valence-corrected chi connectivity index (χ2v) is 8.17. The van der Waals surface area contributed by atoms with Crippen molar-refractivity contribution in [1.29, 1.82) is 0 Å². The number of benzene rings is 2. The maximum absolute atomic E-state index is 5.89. The van der Waals surface area contributed by atoms with E-state index in [1.165, 1.54) is 11.1 Å². The van der Waals surface area contributed by atoms with E-state index in [0.29, 0.717) is 24.6 Å². The van der Waals surface area contributed by atoms with Crippen LogP contribution in [-0.2, 0) is 13.2 Å². The largest absolute Gasteiger partial charge is 0.492 e. The summed E-state index contributed by atoms with van der Waals surface area (Å²) in [6, 6.07) is 22.3. The molecule has 0 aliphatic heterocycles. The van der Waals surface area contributed by atoms with E-state index in [-0.39, 0.29) is 0 Å². The molecule has 0 aliphatic rings. The zero-order valence-electron chi connectivity index (χ0n) is 18.4. The summed E-state index contributed by atoms with van der Waals surface area (Å²) in [5.41, 5.74) is 3.31. The minimum atomic E-state index is 0.574. The Kier molecular flexibility index (Phi) is 7.09. The third-order valence-electron chi connectivity index (χ3n) is 5.13. The fraction of sp³-hybridized carbons (Fsp3) is 0.240. The lowest BCUT2D eigenvalue weighted by molar-refractivity contribution is 0.197. The molecule has 2 heterocycles. The summed E-state index contributed by atoms with van der Waals surface area (Å²) in [6.45, 7) is 4.64. The highest BCUT2D eigenvalue weighted by Gasteiger charge is 2.14. The summed E-state index contributed by atoms with van der Waals surface area (Å²) in [7, 11) is 2.04. The van der Waals surface area contributed by atoms with E-state index in [1.54, 1.807) is 6.20 Å². The van der Waals surface area contributed by atoms with Crippen molar-refractivity contribution in [2.75, 3.05) is 20.2 Å². The molecule has 0 spiro atoms. The summed E-state index contributed by atoms with van der Waals surface area (Å²) in [4.78, 5) is 6.41. The molecule has 4 aromatic rings. The Morgan fingerprint density at radius 2 is 1.88 bits per heavy atom. The molecule has 2 aromatic heterocycles. The summed E-state index contributed by atoms with van der Waals surface area (Å²) in [5.74, 6) is 1.71. The lowest BCUT2D eigenvalue weighted by Gasteiger charge is -2.17. The molecule has 0 bridgehead atoms. The van der Waals surface area contributed by atoms with E-state index >= 15 is 0 Å². The van der Waals surface area contributed by atoms with Crippen molar-refractivity contribution in [3.8, 4) is 17.1 Å². The van der Waals surface area contributed by atoms with Gasteiger partial charge in [0.1, 0.15) is 12.4 Å². The van der Waals surface area contributed by atoms with Gasteiger partial charge in [0, 0.05) is 24.5 Å². The van der Waals surface area contributed by atoms with Crippen LogP contribution in [-0.4, -0.2) is 44.4 Å². The summed E-state index contributed by atoms with van der Waals surface area (Å²) < 4.78 is 10.5. The average molecular weight is 446 g/mol. The average Bonchev–Trinajstić information content (AvgIpc) is 3.10. The molecule has 0 radical (unpaired) electrons. The number of aromatic nitrogens is 4. The first-order valence-corrected chi connectivity index (χ1v) is 11.0. The molecule has 32 heavy (non-hydrogen) atoms. The molecule has 164 valence electrons. The van der Waals surface area contributed by atoms with Crippen molar-refractivity contribution in [1.82, 2.24) is 24.2 Å². The van der Waals surface area contributed by atoms with Crippen LogP contribution < -0.4 is 4.74 Å². The molecule has 7 heteroatoms. The second-order valence-electron chi connectivity index (χ2n) is 7.81. The Morgan fingerprint density at radius 3 is 2.62 bits per heavy atom. The highest BCUT2D eigenvalue weighted by atomic mass is 32.1. The number of ether oxygens (including phenoxy) is 1. The molecule has 0 N–H and O–H groups in total. The Labute approximate surface area is 193 Å². The van der Waals surface area contributed by atoms with Crippen molar-refractivity contribution in [3.63, 3.8) is 0 Å². The van der Waals surface area contributed by atoms with Crippen molar-refractivity contribution in [2.24, 2.45) is 0 Å². The van der Waals surface area contributed by atoms with Gasteiger partial charge in [0.2, 0.25) is 0 Å². The van der Waals surface area contributed by atoms with E-state index in [9.17, 15) is 0 Å². The minimum absolute atomic E-state index is 0.574. The maximum Gasteiger partial charge on any atom is 0.199 e. The van der Waals surface area contributed by atoms with Gasteiger partial charge in [-0.05, 0) is 61.6 Å². The van der Waals surface area contributed by atoms with Crippen molar-refractivity contribution < 1.29 is 4.74 Å². The zero-order chi connectivity index (χ0) is 22.3. The van der Waals surface area contributed by atoms with Gasteiger partial charge < -0.3 is 4.74 Å². The summed E-state index contributed by atoms with van der Waals surface area (Å²) >= 11 is 5.82. The van der Waals surface area contributed by atoms with Crippen LogP contribution in [0.25, 0.3) is 11.4 Å². The Bertz CT molecular complexity index is 1200. The molecule has 0 atom stereocenters. The number of nitrogens with zero attached hydrogens (tertiary/aromatic N) is 5. The maximum atomic E-state index is 5.89. The SMILES string of the molecule is Cc1cccc(OCCN(C)Cn2nc(-c3cccnc3)n(Cc3ccccc3)c2=S)c1. The number of aryl methyl sites for hydroxylation is 1. The number of rotatable bonds is 9. The standard InChI is InChI=1S/C25H27N5OS/c1-20-8-6-12-23(16-20)31-15-14-28(2)19-30-25(32)29(18-21-9-4-3-5-10-21)24(27-30)22-11-7-13-26-17-22/h3-13,16-17H,14-15,18-19H2,1-2H3. The number of hydrogen-bond acceptors (Lipinski definition) is 5. The summed E-state index contributed by atoms with van der Waals surface area (Å²) in [6.07, 6.45) is 3.58. The van der Waals surface area contributed by atoms with Crippen LogP contribution in [0, 0.1) is 11.7 Å². The molecule has 6 nitrogen and oxygen atoms in total. The quantitative estimate of drug-likeness (QED) is 0.346. The van der Waals surface area contributed by atoms with E-state index in [4.69, 9.17) is 22.1 Å². The Balaban J connectivity index is 1.50. The fourth-order valence-corrected chi connectivity index (χ4v) is 3.72.